The molecule has 0 amide bonds. The molecule has 0 aliphatic heterocycles. The Morgan fingerprint density at radius 3 is 2.11 bits per heavy atom. The van der Waals surface area contributed by atoms with Gasteiger partial charge in [0.05, 0.1) is 12.2 Å². The zero-order valence-electron chi connectivity index (χ0n) is 13.9. The Hall–Kier alpha value is -0.0800. The van der Waals surface area contributed by atoms with Crippen LogP contribution in [0.3, 0.4) is 0 Å². The first-order valence-corrected chi connectivity index (χ1v) is 7.91. The van der Waals surface area contributed by atoms with Gasteiger partial charge in [-0.2, -0.15) is 0 Å². The molecule has 2 rings (SSSR count). The number of nitrogens with two attached hydrogens (primary N) is 1. The summed E-state index contributed by atoms with van der Waals surface area (Å²) in [4.78, 5) is 0. The molecule has 2 saturated carbocycles. The maximum atomic E-state index is 6.58. The Labute approximate surface area is 119 Å². The lowest BCUT2D eigenvalue weighted by Gasteiger charge is -2.43. The van der Waals surface area contributed by atoms with E-state index in [0.29, 0.717) is 16.9 Å². The SMILES string of the molecule is CC(N)C(OC1CC2CCC1(C)C2(C)C)C(C)(C)C. The van der Waals surface area contributed by atoms with E-state index in [1.807, 2.05) is 0 Å². The Bertz CT molecular complexity index is 342. The van der Waals surface area contributed by atoms with Gasteiger partial charge in [-0.1, -0.05) is 41.5 Å². The van der Waals surface area contributed by atoms with E-state index in [-0.39, 0.29) is 17.6 Å². The molecule has 0 saturated heterocycles. The van der Waals surface area contributed by atoms with E-state index >= 15 is 0 Å². The second-order valence-corrected chi connectivity index (χ2v) is 8.88. The van der Waals surface area contributed by atoms with Crippen LogP contribution in [0.1, 0.15) is 67.7 Å². The van der Waals surface area contributed by atoms with Crippen LogP contribution in [0.25, 0.3) is 0 Å². The zero-order chi connectivity index (χ0) is 14.6. The quantitative estimate of drug-likeness (QED) is 0.839. The highest BCUT2D eigenvalue weighted by Gasteiger charge is 2.62. The van der Waals surface area contributed by atoms with Crippen LogP contribution in [0.4, 0.5) is 0 Å². The molecule has 0 aromatic heterocycles. The van der Waals surface area contributed by atoms with Gasteiger partial charge >= 0.3 is 0 Å². The minimum Gasteiger partial charge on any atom is -0.372 e. The molecule has 2 bridgehead atoms. The highest BCUT2D eigenvalue weighted by Crippen LogP contribution is 2.66. The van der Waals surface area contributed by atoms with Crippen LogP contribution in [0.15, 0.2) is 0 Å². The van der Waals surface area contributed by atoms with Crippen molar-refractivity contribution in [3.63, 3.8) is 0 Å². The van der Waals surface area contributed by atoms with Crippen LogP contribution in [0.2, 0.25) is 0 Å². The molecular formula is C17H33NO. The fourth-order valence-electron chi connectivity index (χ4n) is 4.63. The predicted molar refractivity (Wildman–Crippen MR) is 81.0 cm³/mol. The summed E-state index contributed by atoms with van der Waals surface area (Å²) in [6.07, 6.45) is 4.44. The molecule has 2 fully saturated rings. The predicted octanol–water partition coefficient (Wildman–Crippen LogP) is 3.98. The van der Waals surface area contributed by atoms with Crippen LogP contribution in [0.5, 0.6) is 0 Å². The van der Waals surface area contributed by atoms with E-state index in [2.05, 4.69) is 48.5 Å². The standard InChI is InChI=1S/C17H33NO/c1-11(18)14(15(2,3)4)19-13-10-12-8-9-17(13,7)16(12,5)6/h11-14H,8-10,18H2,1-7H3. The molecule has 2 aliphatic carbocycles. The lowest BCUT2D eigenvalue weighted by molar-refractivity contribution is -0.127. The monoisotopic (exact) mass is 267 g/mol. The van der Waals surface area contributed by atoms with E-state index in [1.54, 1.807) is 0 Å². The van der Waals surface area contributed by atoms with Gasteiger partial charge in [-0.15, -0.1) is 0 Å². The Balaban J connectivity index is 2.17. The van der Waals surface area contributed by atoms with Crippen molar-refractivity contribution in [2.45, 2.75) is 86.0 Å². The smallest absolute Gasteiger partial charge is 0.0775 e. The van der Waals surface area contributed by atoms with Gasteiger partial charge in [0.15, 0.2) is 0 Å². The number of rotatable bonds is 3. The van der Waals surface area contributed by atoms with Crippen molar-refractivity contribution in [2.75, 3.05) is 0 Å². The van der Waals surface area contributed by atoms with Crippen LogP contribution in [0, 0.1) is 22.2 Å². The topological polar surface area (TPSA) is 35.2 Å². The largest absolute Gasteiger partial charge is 0.372 e. The van der Waals surface area contributed by atoms with E-state index in [1.165, 1.54) is 19.3 Å². The van der Waals surface area contributed by atoms with Crippen LogP contribution < -0.4 is 5.73 Å². The third-order valence-corrected chi connectivity index (χ3v) is 6.36. The molecule has 112 valence electrons. The summed E-state index contributed by atoms with van der Waals surface area (Å²) < 4.78 is 6.58. The molecule has 2 heteroatoms. The molecule has 2 nitrogen and oxygen atoms in total. The molecule has 0 spiro atoms. The van der Waals surface area contributed by atoms with E-state index < -0.39 is 0 Å². The fourth-order valence-corrected chi connectivity index (χ4v) is 4.63. The molecule has 5 unspecified atom stereocenters. The van der Waals surface area contributed by atoms with Gasteiger partial charge in [-0.3, -0.25) is 0 Å². The van der Waals surface area contributed by atoms with Gasteiger partial charge in [0.1, 0.15) is 0 Å². The molecule has 0 radical (unpaired) electrons. The van der Waals surface area contributed by atoms with E-state index in [0.717, 1.165) is 5.92 Å². The number of ether oxygens (including phenoxy) is 1. The summed E-state index contributed by atoms with van der Waals surface area (Å²) in [7, 11) is 0. The van der Waals surface area contributed by atoms with Crippen LogP contribution in [-0.2, 0) is 4.74 Å². The molecule has 0 aromatic carbocycles. The lowest BCUT2D eigenvalue weighted by atomic mass is 9.70. The summed E-state index contributed by atoms with van der Waals surface area (Å²) in [5.74, 6) is 0.830. The zero-order valence-corrected chi connectivity index (χ0v) is 13.9. The first kappa shape index (κ1) is 15.3. The summed E-state index contributed by atoms with van der Waals surface area (Å²) in [5.41, 5.74) is 7.04. The average molecular weight is 267 g/mol. The normalized spacial score (nSPS) is 40.4. The van der Waals surface area contributed by atoms with Gasteiger partial charge in [-0.25, -0.2) is 0 Å². The van der Waals surface area contributed by atoms with Gasteiger partial charge in [0.25, 0.3) is 0 Å². The van der Waals surface area contributed by atoms with Crippen molar-refractivity contribution < 1.29 is 4.74 Å². The molecule has 5 atom stereocenters. The average Bonchev–Trinajstić information content (AvgIpc) is 2.55. The van der Waals surface area contributed by atoms with E-state index in [9.17, 15) is 0 Å². The maximum absolute atomic E-state index is 6.58. The maximum Gasteiger partial charge on any atom is 0.0775 e. The lowest BCUT2D eigenvalue weighted by Crippen LogP contribution is -2.48. The van der Waals surface area contributed by atoms with Crippen molar-refractivity contribution in [3.05, 3.63) is 0 Å². The second kappa shape index (κ2) is 4.46. The first-order valence-electron chi connectivity index (χ1n) is 7.91. The van der Waals surface area contributed by atoms with Crippen molar-refractivity contribution >= 4 is 0 Å². The van der Waals surface area contributed by atoms with Crippen molar-refractivity contribution in [3.8, 4) is 0 Å². The third-order valence-electron chi connectivity index (χ3n) is 6.36. The second-order valence-electron chi connectivity index (χ2n) is 8.88. The van der Waals surface area contributed by atoms with Crippen LogP contribution in [-0.4, -0.2) is 18.2 Å². The molecular weight excluding hydrogens is 234 g/mol. The Kier molecular flexibility index (Phi) is 3.59. The molecule has 19 heavy (non-hydrogen) atoms. The highest BCUT2D eigenvalue weighted by atomic mass is 16.5. The van der Waals surface area contributed by atoms with Gasteiger partial charge < -0.3 is 10.5 Å². The number of fused-ring (bicyclic) bond motifs is 2. The minimum atomic E-state index is 0.0887. The van der Waals surface area contributed by atoms with E-state index in [4.69, 9.17) is 10.5 Å². The van der Waals surface area contributed by atoms with Crippen molar-refractivity contribution in [2.24, 2.45) is 27.9 Å². The Morgan fingerprint density at radius 1 is 1.21 bits per heavy atom. The van der Waals surface area contributed by atoms with Crippen LogP contribution >= 0.6 is 0 Å². The highest BCUT2D eigenvalue weighted by molar-refractivity contribution is 5.11. The fraction of sp³-hybridized carbons (Fsp3) is 1.00. The van der Waals surface area contributed by atoms with Gasteiger partial charge in [-0.05, 0) is 48.3 Å². The van der Waals surface area contributed by atoms with Gasteiger partial charge in [0.2, 0.25) is 0 Å². The summed E-state index contributed by atoms with van der Waals surface area (Å²) >= 11 is 0. The molecule has 2 N–H and O–H groups in total. The summed E-state index contributed by atoms with van der Waals surface area (Å²) in [6.45, 7) is 16.1. The number of hydrogen-bond donors (Lipinski definition) is 1. The summed E-state index contributed by atoms with van der Waals surface area (Å²) in [6, 6.07) is 0.0887. The molecule has 0 aromatic rings. The van der Waals surface area contributed by atoms with Crippen molar-refractivity contribution in [1.82, 2.24) is 0 Å². The Morgan fingerprint density at radius 2 is 1.79 bits per heavy atom. The first-order chi connectivity index (χ1) is 8.50. The van der Waals surface area contributed by atoms with Gasteiger partial charge in [0, 0.05) is 6.04 Å². The molecule has 2 aliphatic rings. The minimum absolute atomic E-state index is 0.0887. The molecule has 0 heterocycles. The third kappa shape index (κ3) is 2.25. The summed E-state index contributed by atoms with van der Waals surface area (Å²) in [5, 5.41) is 0. The number of hydrogen-bond acceptors (Lipinski definition) is 2. The van der Waals surface area contributed by atoms with Crippen molar-refractivity contribution in [1.29, 1.82) is 0 Å².